The summed E-state index contributed by atoms with van der Waals surface area (Å²) in [5, 5.41) is 11.6. The number of carboxylic acids is 1. The quantitative estimate of drug-likeness (QED) is 0.886. The lowest BCUT2D eigenvalue weighted by Crippen LogP contribution is -2.29. The van der Waals surface area contributed by atoms with Crippen molar-refractivity contribution in [3.05, 3.63) is 45.2 Å². The van der Waals surface area contributed by atoms with E-state index in [0.717, 1.165) is 24.6 Å². The molecule has 2 heterocycles. The first-order chi connectivity index (χ1) is 11.5. The lowest BCUT2D eigenvalue weighted by Gasteiger charge is -2.24. The third-order valence-corrected chi connectivity index (χ3v) is 5.35. The summed E-state index contributed by atoms with van der Waals surface area (Å²) in [6.45, 7) is 3.18. The number of fused-ring (bicyclic) bond motifs is 1. The van der Waals surface area contributed by atoms with Crippen LogP contribution in [0.4, 0.5) is 8.78 Å². The molecule has 8 heteroatoms. The number of thioether (sulfide) groups is 1. The van der Waals surface area contributed by atoms with Gasteiger partial charge in [0.2, 0.25) is 5.43 Å². The summed E-state index contributed by atoms with van der Waals surface area (Å²) in [6, 6.07) is 0.962. The second-order valence-corrected chi connectivity index (χ2v) is 6.82. The smallest absolute Gasteiger partial charge is 0.341 e. The zero-order chi connectivity index (χ0) is 17.4. The van der Waals surface area contributed by atoms with Gasteiger partial charge in [0, 0.05) is 42.4 Å². The first-order valence-electron chi connectivity index (χ1n) is 7.56. The summed E-state index contributed by atoms with van der Waals surface area (Å²) in [5.74, 6) is -2.29. The lowest BCUT2D eigenvalue weighted by molar-refractivity contribution is 0.0695. The van der Waals surface area contributed by atoms with E-state index in [9.17, 15) is 14.0 Å². The number of nitrogens with one attached hydrogen (secondary N) is 1. The normalized spacial score (nSPS) is 18.0. The molecule has 1 aromatic carbocycles. The van der Waals surface area contributed by atoms with Crippen molar-refractivity contribution >= 4 is 28.6 Å². The zero-order valence-corrected chi connectivity index (χ0v) is 13.8. The van der Waals surface area contributed by atoms with Crippen molar-refractivity contribution in [1.82, 2.24) is 9.88 Å². The molecule has 1 aromatic heterocycles. The van der Waals surface area contributed by atoms with Crippen molar-refractivity contribution in [3.8, 4) is 0 Å². The predicted octanol–water partition coefficient (Wildman–Crippen LogP) is 2.38. The fraction of sp³-hybridized carbons (Fsp3) is 0.375. The van der Waals surface area contributed by atoms with E-state index in [4.69, 9.17) is 5.11 Å². The molecule has 1 saturated heterocycles. The molecule has 5 nitrogen and oxygen atoms in total. The number of carboxylic acid groups (broad SMARTS) is 1. The van der Waals surface area contributed by atoms with Crippen molar-refractivity contribution in [2.75, 3.05) is 18.8 Å². The van der Waals surface area contributed by atoms with Crippen LogP contribution in [0.2, 0.25) is 0 Å². The molecule has 0 saturated carbocycles. The van der Waals surface area contributed by atoms with Gasteiger partial charge in [-0.15, -0.1) is 0 Å². The fourth-order valence-corrected chi connectivity index (χ4v) is 4.11. The van der Waals surface area contributed by atoms with Crippen molar-refractivity contribution in [2.24, 2.45) is 0 Å². The molecule has 0 bridgehead atoms. The largest absolute Gasteiger partial charge is 0.477 e. The Morgan fingerprint density at radius 1 is 1.50 bits per heavy atom. The summed E-state index contributed by atoms with van der Waals surface area (Å²) in [4.78, 5) is 23.5. The highest BCUT2D eigenvalue weighted by molar-refractivity contribution is 7.99. The second-order valence-electron chi connectivity index (χ2n) is 5.51. The monoisotopic (exact) mass is 354 g/mol. The van der Waals surface area contributed by atoms with Crippen LogP contribution in [0.25, 0.3) is 10.9 Å². The topological polar surface area (TPSA) is 71.3 Å². The van der Waals surface area contributed by atoms with Crippen LogP contribution in [0, 0.1) is 11.6 Å². The number of rotatable bonds is 3. The van der Waals surface area contributed by atoms with Crippen LogP contribution in [0.15, 0.2) is 17.1 Å². The number of aromatic carboxylic acids is 1. The van der Waals surface area contributed by atoms with Crippen LogP contribution in [-0.4, -0.2) is 34.5 Å². The van der Waals surface area contributed by atoms with Crippen molar-refractivity contribution in [2.45, 2.75) is 18.7 Å². The van der Waals surface area contributed by atoms with Crippen molar-refractivity contribution in [1.29, 1.82) is 0 Å². The SMILES string of the molecule is CCn1cc(C(=O)O)c(=O)c2cc(F)c(C3CNCCS3)c(F)c21. The molecule has 3 rings (SSSR count). The molecule has 1 fully saturated rings. The number of nitrogens with zero attached hydrogens (tertiary/aromatic N) is 1. The van der Waals surface area contributed by atoms with Crippen molar-refractivity contribution in [3.63, 3.8) is 0 Å². The van der Waals surface area contributed by atoms with Gasteiger partial charge in [-0.05, 0) is 13.0 Å². The number of hydrogen-bond donors (Lipinski definition) is 2. The molecule has 2 N–H and O–H groups in total. The summed E-state index contributed by atoms with van der Waals surface area (Å²) in [5.41, 5.74) is -1.48. The van der Waals surface area contributed by atoms with Crippen LogP contribution >= 0.6 is 11.8 Å². The second kappa shape index (κ2) is 6.52. The highest BCUT2D eigenvalue weighted by Gasteiger charge is 2.27. The number of carbonyl (C=O) groups is 1. The Balaban J connectivity index is 2.34. The highest BCUT2D eigenvalue weighted by Crippen LogP contribution is 2.36. The Labute approximate surface area is 140 Å². The minimum atomic E-state index is -1.42. The van der Waals surface area contributed by atoms with E-state index in [1.807, 2.05) is 0 Å². The van der Waals surface area contributed by atoms with Gasteiger partial charge in [-0.25, -0.2) is 13.6 Å². The number of hydrogen-bond acceptors (Lipinski definition) is 4. The van der Waals surface area contributed by atoms with Crippen LogP contribution in [0.5, 0.6) is 0 Å². The summed E-state index contributed by atoms with van der Waals surface area (Å²) >= 11 is 1.45. The van der Waals surface area contributed by atoms with Gasteiger partial charge in [0.05, 0.1) is 10.9 Å². The van der Waals surface area contributed by atoms with E-state index >= 15 is 4.39 Å². The Bertz CT molecular complexity index is 876. The molecule has 1 aliphatic rings. The lowest BCUT2D eigenvalue weighted by atomic mass is 10.0. The van der Waals surface area contributed by atoms with Crippen LogP contribution in [-0.2, 0) is 6.54 Å². The Morgan fingerprint density at radius 2 is 2.25 bits per heavy atom. The van der Waals surface area contributed by atoms with E-state index in [1.54, 1.807) is 6.92 Å². The molecular formula is C16H16F2N2O3S. The van der Waals surface area contributed by atoms with Crippen molar-refractivity contribution < 1.29 is 18.7 Å². The van der Waals surface area contributed by atoms with Gasteiger partial charge in [0.15, 0.2) is 5.82 Å². The van der Waals surface area contributed by atoms with Gasteiger partial charge in [-0.3, -0.25) is 4.79 Å². The van der Waals surface area contributed by atoms with Gasteiger partial charge >= 0.3 is 5.97 Å². The average Bonchev–Trinajstić information content (AvgIpc) is 2.56. The first-order valence-corrected chi connectivity index (χ1v) is 8.61. The van der Waals surface area contributed by atoms with Crippen LogP contribution < -0.4 is 10.7 Å². The molecule has 1 atom stereocenters. The average molecular weight is 354 g/mol. The molecule has 0 amide bonds. The van der Waals surface area contributed by atoms with E-state index in [2.05, 4.69) is 5.32 Å². The number of aryl methyl sites for hydroxylation is 1. The number of pyridine rings is 1. The van der Waals surface area contributed by atoms with E-state index in [0.29, 0.717) is 6.54 Å². The summed E-state index contributed by atoms with van der Waals surface area (Å²) in [6.07, 6.45) is 1.12. The minimum Gasteiger partial charge on any atom is -0.477 e. The molecule has 24 heavy (non-hydrogen) atoms. The molecule has 0 aliphatic carbocycles. The molecule has 0 radical (unpaired) electrons. The molecule has 128 valence electrons. The van der Waals surface area contributed by atoms with E-state index in [-0.39, 0.29) is 28.3 Å². The molecule has 1 unspecified atom stereocenters. The number of benzene rings is 1. The van der Waals surface area contributed by atoms with Gasteiger partial charge in [-0.1, -0.05) is 0 Å². The minimum absolute atomic E-state index is 0.0462. The Morgan fingerprint density at radius 3 is 2.83 bits per heavy atom. The third kappa shape index (κ3) is 2.69. The summed E-state index contributed by atoms with van der Waals surface area (Å²) in [7, 11) is 0. The third-order valence-electron chi connectivity index (χ3n) is 4.11. The first kappa shape index (κ1) is 16.9. The molecule has 2 aromatic rings. The van der Waals surface area contributed by atoms with Gasteiger partial charge in [0.25, 0.3) is 0 Å². The van der Waals surface area contributed by atoms with Gasteiger partial charge in [0.1, 0.15) is 11.4 Å². The summed E-state index contributed by atoms with van der Waals surface area (Å²) < 4.78 is 31.0. The van der Waals surface area contributed by atoms with Crippen LogP contribution in [0.1, 0.15) is 28.1 Å². The highest BCUT2D eigenvalue weighted by atomic mass is 32.2. The fourth-order valence-electron chi connectivity index (χ4n) is 2.95. The standard InChI is InChI=1S/C16H16F2N2O3S/c1-2-20-7-9(16(22)23)15(21)8-5-10(17)12(13(18)14(8)20)11-6-19-3-4-24-11/h5,7,11,19H,2-4,6H2,1H3,(H,22,23). The van der Waals surface area contributed by atoms with E-state index in [1.165, 1.54) is 16.3 Å². The molecule has 0 spiro atoms. The molecular weight excluding hydrogens is 338 g/mol. The number of aromatic nitrogens is 1. The van der Waals surface area contributed by atoms with E-state index < -0.39 is 28.6 Å². The number of halogens is 2. The maximum Gasteiger partial charge on any atom is 0.341 e. The Kier molecular flexibility index (Phi) is 4.60. The predicted molar refractivity (Wildman–Crippen MR) is 88.8 cm³/mol. The van der Waals surface area contributed by atoms with Crippen LogP contribution in [0.3, 0.4) is 0 Å². The maximum atomic E-state index is 15.1. The van der Waals surface area contributed by atoms with Gasteiger partial charge in [-0.2, -0.15) is 11.8 Å². The maximum absolute atomic E-state index is 15.1. The van der Waals surface area contributed by atoms with Gasteiger partial charge < -0.3 is 15.0 Å². The zero-order valence-electron chi connectivity index (χ0n) is 12.9. The molecule has 1 aliphatic heterocycles. The Hall–Kier alpha value is -1.93.